The molecule has 6 fully saturated rings. The fourth-order valence-corrected chi connectivity index (χ4v) is 13.7. The number of hydrogen-bond donors (Lipinski definition) is 4. The highest BCUT2D eigenvalue weighted by Crippen LogP contribution is 2.31. The number of hydrogen-bond acceptors (Lipinski definition) is 26. The molecule has 132 heavy (non-hydrogen) atoms. The summed E-state index contributed by atoms with van der Waals surface area (Å²) < 4.78 is 42.0. The van der Waals surface area contributed by atoms with Crippen molar-refractivity contribution in [1.29, 1.82) is 0 Å². The van der Waals surface area contributed by atoms with E-state index in [1.807, 2.05) is 136 Å². The summed E-state index contributed by atoms with van der Waals surface area (Å²) in [6.07, 6.45) is -0.546. The van der Waals surface area contributed by atoms with Crippen LogP contribution in [0, 0.1) is 40.5 Å². The van der Waals surface area contributed by atoms with E-state index in [1.165, 1.54) is 43.3 Å². The topological polar surface area (TPSA) is 419 Å². The molecule has 0 spiro atoms. The number of benzene rings is 6. The number of carbonyl (C=O) groups excluding carboxylic acids is 7. The van der Waals surface area contributed by atoms with Gasteiger partial charge in [0, 0.05) is 265 Å². The molecule has 6 aliphatic rings. The molecule has 0 bridgehead atoms. The minimum absolute atomic E-state index is 0. The lowest BCUT2D eigenvalue weighted by molar-refractivity contribution is -0.385. The van der Waals surface area contributed by atoms with Gasteiger partial charge in [0.1, 0.15) is 11.2 Å². The first-order valence-electron chi connectivity index (χ1n) is 40.6. The van der Waals surface area contributed by atoms with Crippen LogP contribution in [0.4, 0.5) is 91.0 Å². The molecule has 35 nitrogen and oxygen atoms in total. The molecule has 12 rings (SSSR count). The number of nitrogens with one attached hydrogen (secondary N) is 2. The monoisotopic (exact) mass is 2100 g/mol. The van der Waals surface area contributed by atoms with Crippen LogP contribution in [0.15, 0.2) is 146 Å². The molecule has 740 valence electrons. The standard InChI is InChI=1S/C16H23N3O4.C15H21N3O4.C13H17N3O3.2C13H19N3O.C11H15N3O2.C2H3ClO.C2HF3O.CH3I.6H2S/c1-16(2,3)23-15(20)18-10-9-14(11-18)17(4)12-5-7-13(8-6-12)19(21)22;1-15(2,3)22-14(19)17-9-8-12(10-17)16-11-4-6-13(7-5-11)18(20)21;1-10(17)15-8-7-13(9-15)14(2)11-3-5-12(6-4-11)16(18)19;2*1-10(17)16-8-7-13(9-16)15(2)12-5-3-11(14)4-6-12;1-13(11-6-7-12-8-11)9-2-4-10(5-3-9)14(15)16;1-2(3)4;3-2(4,5)1-6;1-2;;;;;;/h5-8,14H,9-11H2,1-4H3;4-7,12,16H,8-10H2,1-3H3;3-6,13H,7-9H2,1-2H3;2*3-6,13H,7-9,14H2,1-2H3;2-5,11-12H,6-8H2,1H3;1H3;1H;1H3;6*1H2/t14-;12-;3*13-;11-;;;;;;;;;/m000000........./s1. The average molecular weight is 2100 g/mol. The fourth-order valence-electron chi connectivity index (χ4n) is 13.7. The molecule has 0 saturated carbocycles. The van der Waals surface area contributed by atoms with Crippen molar-refractivity contribution in [3.63, 3.8) is 0 Å². The van der Waals surface area contributed by atoms with Crippen LogP contribution < -0.4 is 46.6 Å². The molecule has 0 aliphatic carbocycles. The second-order valence-electron chi connectivity index (χ2n) is 32.3. The molecule has 6 aromatic carbocycles. The maximum Gasteiger partial charge on any atom is 0.446 e. The van der Waals surface area contributed by atoms with Crippen LogP contribution in [-0.2, 0) is 33.4 Å². The van der Waals surface area contributed by atoms with E-state index in [2.05, 4.69) is 78.5 Å². The largest absolute Gasteiger partial charge is 0.446 e. The number of nitrogens with zero attached hydrogens (tertiary/aromatic N) is 14. The van der Waals surface area contributed by atoms with E-state index in [9.17, 15) is 82.4 Å². The van der Waals surface area contributed by atoms with Crippen LogP contribution in [0.3, 0.4) is 0 Å². The average Bonchev–Trinajstić information content (AvgIpc) is 1.67. The van der Waals surface area contributed by atoms with Crippen LogP contribution in [0.2, 0.25) is 0 Å². The van der Waals surface area contributed by atoms with Gasteiger partial charge in [-0.3, -0.25) is 64.4 Å². The highest BCUT2D eigenvalue weighted by molar-refractivity contribution is 14.1. The van der Waals surface area contributed by atoms with E-state index in [0.717, 1.165) is 130 Å². The van der Waals surface area contributed by atoms with Crippen molar-refractivity contribution in [2.24, 2.45) is 0 Å². The van der Waals surface area contributed by atoms with Crippen molar-refractivity contribution in [3.05, 3.63) is 186 Å². The summed E-state index contributed by atoms with van der Waals surface area (Å²) in [5.74, 6) is 0.427. The number of nitrogens with two attached hydrogens (primary N) is 2. The van der Waals surface area contributed by atoms with Crippen molar-refractivity contribution >= 4 is 225 Å². The smallest absolute Gasteiger partial charge is 0.444 e. The summed E-state index contributed by atoms with van der Waals surface area (Å²) in [5.41, 5.74) is 18.2. The second kappa shape index (κ2) is 61.4. The van der Waals surface area contributed by atoms with Gasteiger partial charge < -0.3 is 80.6 Å². The summed E-state index contributed by atoms with van der Waals surface area (Å²) in [6, 6.07) is 43.5. The minimum atomic E-state index is -4.64. The van der Waals surface area contributed by atoms with Gasteiger partial charge in [0.25, 0.3) is 22.7 Å². The zero-order chi connectivity index (χ0) is 94.7. The SMILES string of the molecule is CC(=O)Cl.CC(=O)N1CC[C@H](N(C)c2ccc(N)cc2)C1.CC(=O)N1CC[C@H](N(C)c2ccc(N)cc2)C1.CC(=O)N1CC[C@H](N(C)c2ccc([N+](=O)[O-])cc2)C1.CC(C)(C)OC(=O)N1CC[C@H](Nc2ccc([N+](=O)[O-])cc2)C1.CI.CN(c1ccc([N+](=O)[O-])cc1)[C@H]1CCN(C(=O)OC(C)(C)C)C1.CN(c1ccc([N+](=O)[O-])cc1)[C@H]1CCNC1.O=CC(F)(F)F.S.S.S.S.S.S. The van der Waals surface area contributed by atoms with Crippen LogP contribution >= 0.6 is 115 Å². The normalized spacial score (nSPS) is 16.9. The number of likely N-dealkylation sites (N-methyl/N-ethyl adjacent to an activating group) is 5. The number of aldehydes is 1. The van der Waals surface area contributed by atoms with Crippen molar-refractivity contribution in [1.82, 2.24) is 29.8 Å². The van der Waals surface area contributed by atoms with Gasteiger partial charge >= 0.3 is 18.4 Å². The summed E-state index contributed by atoms with van der Waals surface area (Å²) in [4.78, 5) is 138. The van der Waals surface area contributed by atoms with Gasteiger partial charge in [-0.1, -0.05) is 22.6 Å². The molecule has 5 amide bonds. The molecule has 6 saturated heterocycles. The fraction of sp³-hybridized carbons (Fsp3) is 0.500. The number of carbonyl (C=O) groups is 7. The number of halogens is 5. The Kier molecular flexibility index (Phi) is 58.9. The maximum atomic E-state index is 12.1. The molecule has 6 aliphatic heterocycles. The first-order chi connectivity index (χ1) is 59.0. The molecular formula is C86H133ClF3IN18O17S6. The van der Waals surface area contributed by atoms with Crippen molar-refractivity contribution < 1.29 is 75.9 Å². The maximum absolute atomic E-state index is 12.1. The molecule has 6 N–H and O–H groups in total. The number of anilines is 8. The zero-order valence-electron chi connectivity index (χ0n) is 77.4. The minimum Gasteiger partial charge on any atom is -0.444 e. The van der Waals surface area contributed by atoms with Crippen LogP contribution in [0.1, 0.15) is 108 Å². The number of nitro benzene ring substituents is 4. The van der Waals surface area contributed by atoms with Crippen molar-refractivity contribution in [2.75, 3.05) is 160 Å². The Hall–Kier alpha value is -9.52. The van der Waals surface area contributed by atoms with Crippen LogP contribution in [0.5, 0.6) is 0 Å². The number of amides is 5. The summed E-state index contributed by atoms with van der Waals surface area (Å²) in [6.45, 7) is 26.5. The molecule has 0 unspecified atom stereocenters. The molecule has 6 atom stereocenters. The number of rotatable bonds is 16. The Labute approximate surface area is 832 Å². The predicted molar refractivity (Wildman–Crippen MR) is 556 cm³/mol. The predicted octanol–water partition coefficient (Wildman–Crippen LogP) is 15.0. The van der Waals surface area contributed by atoms with E-state index in [-0.39, 0.29) is 162 Å². The highest BCUT2D eigenvalue weighted by atomic mass is 127. The number of likely N-dealkylation sites (tertiary alicyclic amines) is 5. The van der Waals surface area contributed by atoms with Gasteiger partial charge in [-0.15, -0.1) is 0 Å². The summed E-state index contributed by atoms with van der Waals surface area (Å²) in [7, 11) is 10.1. The summed E-state index contributed by atoms with van der Waals surface area (Å²) >= 11 is 6.79. The highest BCUT2D eigenvalue weighted by Gasteiger charge is 2.35. The molecule has 46 heteroatoms. The van der Waals surface area contributed by atoms with E-state index in [4.69, 9.17) is 25.7 Å². The molecule has 0 aromatic heterocycles. The number of alkyl halides is 4. The van der Waals surface area contributed by atoms with Crippen LogP contribution in [0.25, 0.3) is 0 Å². The quantitative estimate of drug-likeness (QED) is 0.0133. The Morgan fingerprint density at radius 3 is 0.879 bits per heavy atom. The van der Waals surface area contributed by atoms with Gasteiger partial charge in [-0.25, -0.2) is 9.59 Å². The van der Waals surface area contributed by atoms with Gasteiger partial charge in [0.15, 0.2) is 0 Å². The lowest BCUT2D eigenvalue weighted by Gasteiger charge is -2.28. The first-order valence-corrected chi connectivity index (χ1v) is 43.2. The van der Waals surface area contributed by atoms with Gasteiger partial charge in [-0.2, -0.15) is 94.1 Å². The molecular weight excluding hydrogens is 1970 g/mol. The Balaban J connectivity index is -0.00000147. The van der Waals surface area contributed by atoms with E-state index >= 15 is 0 Å². The number of nitrogen functional groups attached to an aromatic ring is 2. The van der Waals surface area contributed by atoms with Crippen LogP contribution in [-0.4, -0.2) is 258 Å². The second-order valence-corrected chi connectivity index (χ2v) is 32.8. The lowest BCUT2D eigenvalue weighted by atomic mass is 10.2. The number of ether oxygens (including phenoxy) is 2. The Bertz CT molecular complexity index is 4430. The third-order valence-corrected chi connectivity index (χ3v) is 20.8. The van der Waals surface area contributed by atoms with Gasteiger partial charge in [-0.05, 0) is 200 Å². The van der Waals surface area contributed by atoms with Crippen molar-refractivity contribution in [2.45, 2.75) is 161 Å². The van der Waals surface area contributed by atoms with Gasteiger partial charge in [0.05, 0.1) is 19.7 Å². The van der Waals surface area contributed by atoms with E-state index in [0.29, 0.717) is 50.8 Å². The molecule has 0 radical (unpaired) electrons. The van der Waals surface area contributed by atoms with Gasteiger partial charge in [0.2, 0.25) is 29.3 Å². The third kappa shape index (κ3) is 45.0. The number of non-ortho nitro benzene ring substituents is 4. The third-order valence-electron chi connectivity index (χ3n) is 20.8. The first kappa shape index (κ1) is 127. The molecule has 6 aromatic rings. The van der Waals surface area contributed by atoms with Crippen molar-refractivity contribution in [3.8, 4) is 0 Å². The van der Waals surface area contributed by atoms with E-state index in [1.54, 1.807) is 91.2 Å². The number of nitro groups is 4. The lowest BCUT2D eigenvalue weighted by Crippen LogP contribution is -2.39. The molecule has 6 heterocycles. The van der Waals surface area contributed by atoms with E-state index < -0.39 is 38.4 Å². The Morgan fingerprint density at radius 1 is 0.424 bits per heavy atom. The Morgan fingerprint density at radius 2 is 0.652 bits per heavy atom. The summed E-state index contributed by atoms with van der Waals surface area (Å²) in [5, 5.41) is 48.7. The zero-order valence-corrected chi connectivity index (χ0v) is 86.3.